The number of nitrogens with zero attached hydrogens (tertiary/aromatic N) is 4. The monoisotopic (exact) mass is 636 g/mol. The van der Waals surface area contributed by atoms with Crippen molar-refractivity contribution in [3.63, 3.8) is 0 Å². The summed E-state index contributed by atoms with van der Waals surface area (Å²) in [6.45, 7) is 0.993. The Balaban J connectivity index is 1.27. The van der Waals surface area contributed by atoms with Crippen molar-refractivity contribution in [2.45, 2.75) is 31.8 Å². The highest BCUT2D eigenvalue weighted by Crippen LogP contribution is 2.32. The summed E-state index contributed by atoms with van der Waals surface area (Å²) in [6, 6.07) is 21.5. The number of nitrogens with one attached hydrogen (secondary N) is 2. The molecule has 3 aromatic carbocycles. The van der Waals surface area contributed by atoms with Gasteiger partial charge in [0.2, 0.25) is 17.7 Å². The van der Waals surface area contributed by atoms with Crippen LogP contribution in [0.15, 0.2) is 89.7 Å². The molecule has 12 nitrogen and oxygen atoms in total. The van der Waals surface area contributed by atoms with Gasteiger partial charge in [0.1, 0.15) is 17.6 Å². The Kier molecular flexibility index (Phi) is 9.75. The van der Waals surface area contributed by atoms with Gasteiger partial charge in [-0.15, -0.1) is 0 Å². The lowest BCUT2D eigenvalue weighted by Crippen LogP contribution is -2.51. The van der Waals surface area contributed by atoms with Gasteiger partial charge in [0.25, 0.3) is 0 Å². The van der Waals surface area contributed by atoms with Gasteiger partial charge in [-0.1, -0.05) is 47.6 Å². The smallest absolute Gasteiger partial charge is 0.242 e. The summed E-state index contributed by atoms with van der Waals surface area (Å²) >= 11 is 0. The summed E-state index contributed by atoms with van der Waals surface area (Å²) in [6.07, 6.45) is 4.21. The molecule has 0 fully saturated rings. The molecule has 3 amide bonds. The third kappa shape index (κ3) is 7.60. The van der Waals surface area contributed by atoms with E-state index < -0.39 is 11.9 Å². The second kappa shape index (κ2) is 14.6. The molecule has 12 heteroatoms. The zero-order valence-electron chi connectivity index (χ0n) is 26.1. The number of fused-ring (bicyclic) bond motifs is 5. The molecule has 0 radical (unpaired) electrons. The quantitative estimate of drug-likeness (QED) is 0.299. The number of hydrogen-bond acceptors (Lipinski definition) is 8. The van der Waals surface area contributed by atoms with Gasteiger partial charge in [0.15, 0.2) is 17.1 Å². The maximum absolute atomic E-state index is 13.7. The molecular weight excluding hydrogens is 600 g/mol. The average Bonchev–Trinajstić information content (AvgIpc) is 3.73. The highest BCUT2D eigenvalue weighted by atomic mass is 16.5. The van der Waals surface area contributed by atoms with Gasteiger partial charge in [-0.25, -0.2) is 4.98 Å². The lowest BCUT2D eigenvalue weighted by molar-refractivity contribution is -0.136. The van der Waals surface area contributed by atoms with Crippen LogP contribution in [0.3, 0.4) is 0 Å². The maximum Gasteiger partial charge on any atom is 0.242 e. The minimum Gasteiger partial charge on any atom is -0.493 e. The number of rotatable bonds is 5. The molecule has 0 aliphatic carbocycles. The van der Waals surface area contributed by atoms with Crippen LogP contribution in [0.5, 0.6) is 11.5 Å². The van der Waals surface area contributed by atoms with Crippen LogP contribution in [0.2, 0.25) is 0 Å². The number of aromatic nitrogens is 3. The van der Waals surface area contributed by atoms with E-state index in [9.17, 15) is 14.4 Å². The largest absolute Gasteiger partial charge is 0.493 e. The first-order chi connectivity index (χ1) is 23.0. The molecule has 1 aliphatic rings. The Morgan fingerprint density at radius 2 is 1.87 bits per heavy atom. The summed E-state index contributed by atoms with van der Waals surface area (Å²) in [4.78, 5) is 46.7. The van der Waals surface area contributed by atoms with Crippen LogP contribution < -0.4 is 20.1 Å². The average molecular weight is 637 g/mol. The van der Waals surface area contributed by atoms with Crippen LogP contribution in [0.4, 0.5) is 0 Å². The number of para-hydroxylation sites is 1. The molecule has 47 heavy (non-hydrogen) atoms. The number of amides is 3. The van der Waals surface area contributed by atoms with Gasteiger partial charge in [-0.3, -0.25) is 14.4 Å². The fourth-order valence-corrected chi connectivity index (χ4v) is 5.62. The zero-order valence-corrected chi connectivity index (χ0v) is 26.1. The SMILES string of the molecule is COc1ccc2cc1OCCCN(C(=O)Cc1noc3ccccc13)CC(=O)N[C@@H](Cc1ccccc1)C(=O)NCCn1ccnc1-2. The summed E-state index contributed by atoms with van der Waals surface area (Å²) in [5.74, 6) is 0.721. The lowest BCUT2D eigenvalue weighted by atomic mass is 10.1. The van der Waals surface area contributed by atoms with Crippen molar-refractivity contribution in [3.8, 4) is 22.9 Å². The highest BCUT2D eigenvalue weighted by Gasteiger charge is 2.25. The second-order valence-electron chi connectivity index (χ2n) is 11.2. The molecular formula is C35H36N6O6. The van der Waals surface area contributed by atoms with Crippen molar-refractivity contribution >= 4 is 28.7 Å². The summed E-state index contributed by atoms with van der Waals surface area (Å²) < 4.78 is 19.0. The van der Waals surface area contributed by atoms with E-state index in [1.807, 2.05) is 77.5 Å². The number of hydrogen-bond donors (Lipinski definition) is 2. The first kappa shape index (κ1) is 31.3. The summed E-state index contributed by atoms with van der Waals surface area (Å²) in [7, 11) is 1.57. The van der Waals surface area contributed by atoms with E-state index in [4.69, 9.17) is 14.0 Å². The zero-order chi connectivity index (χ0) is 32.6. The van der Waals surface area contributed by atoms with E-state index in [0.29, 0.717) is 48.1 Å². The van der Waals surface area contributed by atoms with Crippen LogP contribution >= 0.6 is 0 Å². The molecule has 0 saturated carbocycles. The van der Waals surface area contributed by atoms with Gasteiger partial charge in [-0.05, 0) is 42.3 Å². The van der Waals surface area contributed by atoms with Gasteiger partial charge in [0.05, 0.1) is 26.7 Å². The number of carbonyl (C=O) groups is 3. The van der Waals surface area contributed by atoms with Gasteiger partial charge >= 0.3 is 0 Å². The van der Waals surface area contributed by atoms with Gasteiger partial charge in [-0.2, -0.15) is 0 Å². The molecule has 242 valence electrons. The first-order valence-corrected chi connectivity index (χ1v) is 15.5. The Hall–Kier alpha value is -5.65. The minimum absolute atomic E-state index is 0.0540. The Morgan fingerprint density at radius 1 is 1.04 bits per heavy atom. The van der Waals surface area contributed by atoms with Crippen molar-refractivity contribution in [2.75, 3.05) is 33.4 Å². The number of carbonyl (C=O) groups excluding carboxylic acids is 3. The second-order valence-corrected chi connectivity index (χ2v) is 11.2. The lowest BCUT2D eigenvalue weighted by Gasteiger charge is -2.25. The number of benzene rings is 3. The van der Waals surface area contributed by atoms with Crippen molar-refractivity contribution in [3.05, 3.63) is 96.4 Å². The van der Waals surface area contributed by atoms with E-state index >= 15 is 0 Å². The molecule has 0 spiro atoms. The third-order valence-electron chi connectivity index (χ3n) is 8.01. The highest BCUT2D eigenvalue weighted by molar-refractivity contribution is 5.91. The van der Waals surface area contributed by atoms with Crippen molar-refractivity contribution in [1.82, 2.24) is 30.2 Å². The minimum atomic E-state index is -0.852. The molecule has 6 rings (SSSR count). The number of methoxy groups -OCH3 is 1. The maximum atomic E-state index is 13.7. The normalized spacial score (nSPS) is 16.3. The van der Waals surface area contributed by atoms with Crippen LogP contribution in [-0.2, 0) is 33.8 Å². The van der Waals surface area contributed by atoms with E-state index in [-0.39, 0.29) is 44.4 Å². The van der Waals surface area contributed by atoms with Gasteiger partial charge < -0.3 is 34.1 Å². The van der Waals surface area contributed by atoms with E-state index in [1.54, 1.807) is 19.4 Å². The topological polar surface area (TPSA) is 141 Å². The molecule has 2 bridgehead atoms. The van der Waals surface area contributed by atoms with Crippen LogP contribution in [0.1, 0.15) is 17.7 Å². The molecule has 3 heterocycles. The molecule has 5 aromatic rings. The molecule has 1 aliphatic heterocycles. The number of imidazole rings is 1. The van der Waals surface area contributed by atoms with E-state index in [0.717, 1.165) is 16.5 Å². The predicted octanol–water partition coefficient (Wildman–Crippen LogP) is 3.40. The fourth-order valence-electron chi connectivity index (χ4n) is 5.62. The molecule has 0 unspecified atom stereocenters. The Labute approximate surface area is 271 Å². The molecule has 0 saturated heterocycles. The van der Waals surface area contributed by atoms with Crippen LogP contribution in [-0.4, -0.2) is 76.7 Å². The predicted molar refractivity (Wildman–Crippen MR) is 174 cm³/mol. The van der Waals surface area contributed by atoms with Crippen molar-refractivity contribution in [2.24, 2.45) is 0 Å². The Morgan fingerprint density at radius 3 is 2.72 bits per heavy atom. The van der Waals surface area contributed by atoms with Gasteiger partial charge in [0, 0.05) is 49.4 Å². The van der Waals surface area contributed by atoms with Crippen molar-refractivity contribution < 1.29 is 28.4 Å². The molecule has 2 aromatic heterocycles. The number of ether oxygens (including phenoxy) is 2. The standard InChI is InChI=1S/C35H36N6O6/c1-45-30-13-12-25-21-31(30)46-19-7-16-41(33(43)22-27-26-10-5-6-11-29(26)47-39-27)23-32(42)38-28(20-24-8-3-2-4-9-24)35(44)37-15-18-40-17-14-36-34(25)40/h2-6,8-14,17,21,28H,7,15-16,18-20,22-23H2,1H3,(H,37,44)(H,38,42)/t28-/m0/s1. The van der Waals surface area contributed by atoms with E-state index in [1.165, 1.54) is 4.90 Å². The summed E-state index contributed by atoms with van der Waals surface area (Å²) in [5.41, 5.74) is 2.78. The molecule has 1 atom stereocenters. The first-order valence-electron chi connectivity index (χ1n) is 15.5. The summed E-state index contributed by atoms with van der Waals surface area (Å²) in [5, 5.41) is 10.7. The molecule has 2 N–H and O–H groups in total. The third-order valence-corrected chi connectivity index (χ3v) is 8.01. The van der Waals surface area contributed by atoms with Crippen LogP contribution in [0, 0.1) is 0 Å². The van der Waals surface area contributed by atoms with Crippen molar-refractivity contribution in [1.29, 1.82) is 0 Å². The van der Waals surface area contributed by atoms with E-state index in [2.05, 4.69) is 20.8 Å². The Bertz CT molecular complexity index is 1850. The van der Waals surface area contributed by atoms with Crippen LogP contribution in [0.25, 0.3) is 22.4 Å². The fraction of sp³-hybridized carbons (Fsp3) is 0.286.